The number of carbonyl (C=O) groups excluding carboxylic acids is 2. The predicted octanol–water partition coefficient (Wildman–Crippen LogP) is 5.01. The fourth-order valence-electron chi connectivity index (χ4n) is 3.79. The third-order valence-corrected chi connectivity index (χ3v) is 5.50. The first-order valence-electron chi connectivity index (χ1n) is 10.1. The van der Waals surface area contributed by atoms with E-state index in [1.807, 2.05) is 44.2 Å². The summed E-state index contributed by atoms with van der Waals surface area (Å²) in [6, 6.07) is 17.5. The van der Waals surface area contributed by atoms with Crippen LogP contribution in [-0.2, 0) is 17.7 Å². The van der Waals surface area contributed by atoms with Gasteiger partial charge in [-0.1, -0.05) is 30.3 Å². The van der Waals surface area contributed by atoms with E-state index in [2.05, 4.69) is 9.55 Å². The minimum atomic E-state index is -0.560. The van der Waals surface area contributed by atoms with E-state index in [0.29, 0.717) is 17.8 Å². The van der Waals surface area contributed by atoms with Crippen molar-refractivity contribution in [2.24, 2.45) is 0 Å². The summed E-state index contributed by atoms with van der Waals surface area (Å²) in [5, 5.41) is 0.908. The van der Waals surface area contributed by atoms with Gasteiger partial charge in [-0.2, -0.15) is 0 Å². The van der Waals surface area contributed by atoms with Crippen molar-refractivity contribution in [1.29, 1.82) is 0 Å². The fourth-order valence-corrected chi connectivity index (χ4v) is 3.79. The summed E-state index contributed by atoms with van der Waals surface area (Å²) in [5.41, 5.74) is 4.50. The third kappa shape index (κ3) is 4.43. The quantitative estimate of drug-likeness (QED) is 0.339. The van der Waals surface area contributed by atoms with Crippen LogP contribution in [0.2, 0.25) is 0 Å². The van der Waals surface area contributed by atoms with Gasteiger partial charge in [0, 0.05) is 34.4 Å². The molecule has 2 aromatic heterocycles. The maximum atomic E-state index is 13.1. The largest absolute Gasteiger partial charge is 0.453 e. The third-order valence-electron chi connectivity index (χ3n) is 5.50. The van der Waals surface area contributed by atoms with Gasteiger partial charge in [0.05, 0.1) is 0 Å². The lowest BCUT2D eigenvalue weighted by Gasteiger charge is -2.10. The van der Waals surface area contributed by atoms with Crippen molar-refractivity contribution < 1.29 is 18.7 Å². The number of ketones is 1. The second kappa shape index (κ2) is 8.60. The molecule has 0 saturated carbocycles. The highest BCUT2D eigenvalue weighted by Crippen LogP contribution is 2.18. The molecule has 0 atom stereocenters. The summed E-state index contributed by atoms with van der Waals surface area (Å²) in [4.78, 5) is 28.1. The van der Waals surface area contributed by atoms with Gasteiger partial charge in [0.15, 0.2) is 6.61 Å². The standard InChI is InChI=1S/C25H23FN2O3/c1-16-13-21(17(2)28(16)12-11-18-7-9-20(26)10-8-18)24(29)15-31-25(30)23-14-19-5-3-4-6-22(19)27-23/h3-10,13-14,27H,11-12,15H2,1-2H3. The van der Waals surface area contributed by atoms with Crippen molar-refractivity contribution in [1.82, 2.24) is 9.55 Å². The molecular formula is C25H23FN2O3. The molecule has 0 amide bonds. The minimum absolute atomic E-state index is 0.245. The first-order chi connectivity index (χ1) is 14.9. The Morgan fingerprint density at radius 2 is 1.77 bits per heavy atom. The second-order valence-electron chi connectivity index (χ2n) is 7.58. The number of hydrogen-bond donors (Lipinski definition) is 1. The maximum Gasteiger partial charge on any atom is 0.355 e. The number of nitrogens with one attached hydrogen (secondary N) is 1. The molecule has 5 nitrogen and oxygen atoms in total. The normalized spacial score (nSPS) is 11.1. The Kier molecular flexibility index (Phi) is 5.71. The van der Waals surface area contributed by atoms with Crippen molar-refractivity contribution in [3.63, 3.8) is 0 Å². The number of rotatable bonds is 7. The average molecular weight is 418 g/mol. The molecule has 0 saturated heterocycles. The molecule has 0 bridgehead atoms. The summed E-state index contributed by atoms with van der Waals surface area (Å²) in [7, 11) is 0. The molecule has 6 heteroatoms. The Bertz CT molecular complexity index is 1220. The van der Waals surface area contributed by atoms with Gasteiger partial charge in [0.2, 0.25) is 5.78 Å². The Balaban J connectivity index is 1.40. The summed E-state index contributed by atoms with van der Waals surface area (Å²) >= 11 is 0. The number of halogens is 1. The number of aromatic amines is 1. The Morgan fingerprint density at radius 3 is 2.52 bits per heavy atom. The van der Waals surface area contributed by atoms with E-state index >= 15 is 0 Å². The Hall–Kier alpha value is -3.67. The van der Waals surface area contributed by atoms with Gasteiger partial charge >= 0.3 is 5.97 Å². The topological polar surface area (TPSA) is 64.1 Å². The van der Waals surface area contributed by atoms with E-state index in [0.717, 1.165) is 34.3 Å². The Labute approximate surface area is 179 Å². The van der Waals surface area contributed by atoms with Crippen LogP contribution in [0.5, 0.6) is 0 Å². The van der Waals surface area contributed by atoms with Gasteiger partial charge in [-0.3, -0.25) is 4.79 Å². The molecule has 0 aliphatic carbocycles. The van der Waals surface area contributed by atoms with Crippen LogP contribution in [0, 0.1) is 19.7 Å². The van der Waals surface area contributed by atoms with Crippen LogP contribution in [0.25, 0.3) is 10.9 Å². The number of benzene rings is 2. The predicted molar refractivity (Wildman–Crippen MR) is 117 cm³/mol. The summed E-state index contributed by atoms with van der Waals surface area (Å²) in [6.07, 6.45) is 0.722. The van der Waals surface area contributed by atoms with Gasteiger partial charge in [-0.05, 0) is 56.2 Å². The number of H-pyrrole nitrogens is 1. The summed E-state index contributed by atoms with van der Waals surface area (Å²) < 4.78 is 20.4. The van der Waals surface area contributed by atoms with Gasteiger partial charge in [-0.25, -0.2) is 9.18 Å². The van der Waals surface area contributed by atoms with Crippen LogP contribution >= 0.6 is 0 Å². The van der Waals surface area contributed by atoms with Crippen molar-refractivity contribution >= 4 is 22.7 Å². The molecular weight excluding hydrogens is 395 g/mol. The number of ether oxygens (including phenoxy) is 1. The molecule has 0 aliphatic rings. The monoisotopic (exact) mass is 418 g/mol. The number of fused-ring (bicyclic) bond motifs is 1. The first kappa shape index (κ1) is 20.6. The van der Waals surface area contributed by atoms with Crippen molar-refractivity contribution in [2.75, 3.05) is 6.61 Å². The molecule has 0 fully saturated rings. The van der Waals surface area contributed by atoms with E-state index in [9.17, 15) is 14.0 Å². The van der Waals surface area contributed by atoms with Crippen LogP contribution in [0.1, 0.15) is 37.8 Å². The average Bonchev–Trinajstić information content (AvgIpc) is 3.32. The van der Waals surface area contributed by atoms with E-state index in [4.69, 9.17) is 4.74 Å². The van der Waals surface area contributed by atoms with Gasteiger partial charge < -0.3 is 14.3 Å². The molecule has 31 heavy (non-hydrogen) atoms. The molecule has 0 unspecified atom stereocenters. The van der Waals surface area contributed by atoms with Crippen LogP contribution in [0.4, 0.5) is 4.39 Å². The number of aromatic nitrogens is 2. The highest BCUT2D eigenvalue weighted by molar-refractivity contribution is 6.01. The number of carbonyl (C=O) groups is 2. The lowest BCUT2D eigenvalue weighted by molar-refractivity contribution is 0.0469. The van der Waals surface area contributed by atoms with Crippen LogP contribution in [0.3, 0.4) is 0 Å². The molecule has 2 heterocycles. The zero-order valence-electron chi connectivity index (χ0n) is 17.4. The van der Waals surface area contributed by atoms with Crippen molar-refractivity contribution in [3.8, 4) is 0 Å². The highest BCUT2D eigenvalue weighted by atomic mass is 19.1. The van der Waals surface area contributed by atoms with E-state index < -0.39 is 5.97 Å². The van der Waals surface area contributed by atoms with Crippen molar-refractivity contribution in [3.05, 3.63) is 94.7 Å². The zero-order valence-corrected chi connectivity index (χ0v) is 17.4. The SMILES string of the molecule is Cc1cc(C(=O)COC(=O)c2cc3ccccc3[nH]2)c(C)n1CCc1ccc(F)cc1. The van der Waals surface area contributed by atoms with E-state index in [-0.39, 0.29) is 18.2 Å². The first-order valence-corrected chi connectivity index (χ1v) is 10.1. The van der Waals surface area contributed by atoms with Gasteiger partial charge in [-0.15, -0.1) is 0 Å². The number of esters is 1. The van der Waals surface area contributed by atoms with Crippen LogP contribution < -0.4 is 0 Å². The summed E-state index contributed by atoms with van der Waals surface area (Å²) in [6.45, 7) is 4.16. The molecule has 2 aromatic carbocycles. The zero-order chi connectivity index (χ0) is 22.0. The van der Waals surface area contributed by atoms with Crippen LogP contribution in [-0.4, -0.2) is 27.9 Å². The van der Waals surface area contributed by atoms with Gasteiger partial charge in [0.1, 0.15) is 11.5 Å². The molecule has 1 N–H and O–H groups in total. The number of Topliss-reactive ketones (excluding diaryl/α,β-unsaturated/α-hetero) is 1. The molecule has 4 aromatic rings. The Morgan fingerprint density at radius 1 is 1.03 bits per heavy atom. The molecule has 158 valence electrons. The van der Waals surface area contributed by atoms with Crippen LogP contribution in [0.15, 0.2) is 60.7 Å². The minimum Gasteiger partial charge on any atom is -0.453 e. The number of hydrogen-bond acceptors (Lipinski definition) is 3. The lowest BCUT2D eigenvalue weighted by Crippen LogP contribution is -2.15. The van der Waals surface area contributed by atoms with Crippen molar-refractivity contribution in [2.45, 2.75) is 26.8 Å². The van der Waals surface area contributed by atoms with E-state index in [1.54, 1.807) is 18.2 Å². The molecule has 0 spiro atoms. The summed E-state index contributed by atoms with van der Waals surface area (Å²) in [5.74, 6) is -1.06. The number of aryl methyl sites for hydroxylation is 2. The molecule has 0 aliphatic heterocycles. The van der Waals surface area contributed by atoms with Gasteiger partial charge in [0.25, 0.3) is 0 Å². The number of nitrogens with zero attached hydrogens (tertiary/aromatic N) is 1. The fraction of sp³-hybridized carbons (Fsp3) is 0.200. The second-order valence-corrected chi connectivity index (χ2v) is 7.58. The smallest absolute Gasteiger partial charge is 0.355 e. The van der Waals surface area contributed by atoms with E-state index in [1.165, 1.54) is 12.1 Å². The lowest BCUT2D eigenvalue weighted by atomic mass is 10.1. The molecule has 4 rings (SSSR count). The highest BCUT2D eigenvalue weighted by Gasteiger charge is 2.18. The molecule has 0 radical (unpaired) electrons. The number of para-hydroxylation sites is 1. The maximum absolute atomic E-state index is 13.1.